The number of aryl methyl sites for hydroxylation is 1. The lowest BCUT2D eigenvalue weighted by Crippen LogP contribution is -2.09. The average molecular weight is 479 g/mol. The van der Waals surface area contributed by atoms with Crippen molar-refractivity contribution in [2.24, 2.45) is 22.9 Å². The maximum absolute atomic E-state index is 11.3. The molecule has 3 aromatic carbocycles. The molecule has 0 heterocycles. The van der Waals surface area contributed by atoms with Gasteiger partial charge in [0.05, 0.1) is 7.11 Å². The number of phenolic OH excluding ortho intramolecular Hbond substituents is 2. The first-order chi connectivity index (χ1) is 16.9. The maximum Gasteiger partial charge on any atom is 0.124 e. The van der Waals surface area contributed by atoms with Crippen molar-refractivity contribution in [1.82, 2.24) is 0 Å². The molecule has 0 amide bonds. The van der Waals surface area contributed by atoms with Crippen LogP contribution >= 0.6 is 0 Å². The fourth-order valence-corrected chi connectivity index (χ4v) is 4.81. The zero-order valence-corrected chi connectivity index (χ0v) is 20.7. The van der Waals surface area contributed by atoms with Gasteiger partial charge in [0, 0.05) is 5.56 Å². The zero-order valence-electron chi connectivity index (χ0n) is 20.7. The molecule has 0 aliphatic carbocycles. The van der Waals surface area contributed by atoms with E-state index in [2.05, 4.69) is 6.07 Å². The van der Waals surface area contributed by atoms with Crippen LogP contribution in [0.15, 0.2) is 36.4 Å². The highest BCUT2D eigenvalue weighted by Crippen LogP contribution is 2.41. The Morgan fingerprint density at radius 1 is 0.629 bits per heavy atom. The number of rotatable bonds is 11. The summed E-state index contributed by atoms with van der Waals surface area (Å²) in [5, 5.41) is 21.9. The fraction of sp³-hybridized carbons (Fsp3) is 0.357. The lowest BCUT2D eigenvalue weighted by molar-refractivity contribution is 0.414. The van der Waals surface area contributed by atoms with E-state index in [1.54, 1.807) is 13.2 Å². The van der Waals surface area contributed by atoms with Crippen LogP contribution in [0.4, 0.5) is 0 Å². The molecule has 0 unspecified atom stereocenters. The van der Waals surface area contributed by atoms with E-state index in [1.807, 2.05) is 31.2 Å². The molecular weight excluding hydrogens is 440 g/mol. The summed E-state index contributed by atoms with van der Waals surface area (Å²) >= 11 is 0. The van der Waals surface area contributed by atoms with E-state index in [1.165, 1.54) is 0 Å². The first-order valence-electron chi connectivity index (χ1n) is 12.1. The molecule has 0 spiro atoms. The van der Waals surface area contributed by atoms with E-state index in [4.69, 9.17) is 27.7 Å². The molecule has 7 nitrogen and oxygen atoms in total. The van der Waals surface area contributed by atoms with Crippen LogP contribution < -0.4 is 27.7 Å². The smallest absolute Gasteiger partial charge is 0.124 e. The van der Waals surface area contributed by atoms with Gasteiger partial charge in [0.2, 0.25) is 0 Å². The zero-order chi connectivity index (χ0) is 25.5. The van der Waals surface area contributed by atoms with Crippen molar-refractivity contribution >= 4 is 0 Å². The summed E-state index contributed by atoms with van der Waals surface area (Å²) in [5.41, 5.74) is 31.4. The molecule has 0 radical (unpaired) electrons. The summed E-state index contributed by atoms with van der Waals surface area (Å²) in [6.45, 7) is 3.78. The highest BCUT2D eigenvalue weighted by atomic mass is 16.5. The second kappa shape index (κ2) is 12.0. The summed E-state index contributed by atoms with van der Waals surface area (Å²) in [6, 6.07) is 11.7. The minimum absolute atomic E-state index is 0.163. The van der Waals surface area contributed by atoms with Gasteiger partial charge in [-0.3, -0.25) is 0 Å². The molecule has 3 aromatic rings. The topological polar surface area (TPSA) is 154 Å². The van der Waals surface area contributed by atoms with Gasteiger partial charge in [0.25, 0.3) is 0 Å². The highest BCUT2D eigenvalue weighted by Gasteiger charge is 2.19. The molecule has 35 heavy (non-hydrogen) atoms. The molecule has 0 aliphatic rings. The van der Waals surface area contributed by atoms with Gasteiger partial charge >= 0.3 is 0 Å². The quantitative estimate of drug-likeness (QED) is 0.248. The van der Waals surface area contributed by atoms with Gasteiger partial charge in [-0.25, -0.2) is 0 Å². The second-order valence-electron chi connectivity index (χ2n) is 8.81. The molecule has 0 saturated heterocycles. The van der Waals surface area contributed by atoms with Crippen molar-refractivity contribution in [2.75, 3.05) is 33.3 Å². The summed E-state index contributed by atoms with van der Waals surface area (Å²) in [6.07, 6.45) is 2.42. The Labute approximate surface area is 207 Å². The Kier molecular flexibility index (Phi) is 9.12. The lowest BCUT2D eigenvalue weighted by Gasteiger charge is -2.20. The Balaban J connectivity index is 2.21. The van der Waals surface area contributed by atoms with Crippen LogP contribution in [-0.4, -0.2) is 43.5 Å². The van der Waals surface area contributed by atoms with E-state index < -0.39 is 0 Å². The number of aromatic hydroxyl groups is 2. The number of phenols is 2. The van der Waals surface area contributed by atoms with Crippen LogP contribution in [0.5, 0.6) is 17.2 Å². The van der Waals surface area contributed by atoms with Gasteiger partial charge in [-0.15, -0.1) is 0 Å². The Bertz CT molecular complexity index is 1100. The standard InChI is InChI=1S/C28H38N4O3/c1-17-11-22(27-18(3-7-29)14-24(35-2)15-19(27)4-8-30)16-25(33)26(17)23-12-20(5-9-31)28(34)21(13-23)6-10-32/h11-16,33-34H,3-10,29-32H2,1-2H3. The van der Waals surface area contributed by atoms with Gasteiger partial charge in [-0.05, 0) is 134 Å². The van der Waals surface area contributed by atoms with Crippen LogP contribution in [0.3, 0.4) is 0 Å². The molecule has 0 saturated carbocycles. The molecular formula is C28H38N4O3. The van der Waals surface area contributed by atoms with Crippen LogP contribution in [0, 0.1) is 6.92 Å². The largest absolute Gasteiger partial charge is 0.507 e. The Morgan fingerprint density at radius 2 is 1.09 bits per heavy atom. The number of methoxy groups -OCH3 is 1. The number of hydrogen-bond donors (Lipinski definition) is 6. The van der Waals surface area contributed by atoms with Crippen molar-refractivity contribution in [3.05, 3.63) is 64.2 Å². The summed E-state index contributed by atoms with van der Waals surface area (Å²) in [5.74, 6) is 1.16. The summed E-state index contributed by atoms with van der Waals surface area (Å²) in [7, 11) is 1.65. The molecule has 10 N–H and O–H groups in total. The summed E-state index contributed by atoms with van der Waals surface area (Å²) < 4.78 is 5.51. The van der Waals surface area contributed by atoms with Crippen molar-refractivity contribution in [1.29, 1.82) is 0 Å². The number of hydrogen-bond acceptors (Lipinski definition) is 7. The van der Waals surface area contributed by atoms with Crippen LogP contribution in [-0.2, 0) is 25.7 Å². The average Bonchev–Trinajstić information content (AvgIpc) is 2.82. The third-order valence-corrected chi connectivity index (χ3v) is 6.33. The third-order valence-electron chi connectivity index (χ3n) is 6.33. The molecule has 3 rings (SSSR count). The van der Waals surface area contributed by atoms with Gasteiger partial charge in [0.15, 0.2) is 0 Å². The SMILES string of the molecule is COc1cc(CCN)c(-c2cc(C)c(-c3cc(CCN)c(O)c(CCN)c3)c(O)c2)c(CCN)c1. The molecule has 0 bridgehead atoms. The Hall–Kier alpha value is -3.10. The van der Waals surface area contributed by atoms with E-state index in [0.29, 0.717) is 51.9 Å². The van der Waals surface area contributed by atoms with Crippen molar-refractivity contribution in [3.63, 3.8) is 0 Å². The summed E-state index contributed by atoms with van der Waals surface area (Å²) in [4.78, 5) is 0. The minimum atomic E-state index is 0.163. The van der Waals surface area contributed by atoms with Crippen molar-refractivity contribution < 1.29 is 14.9 Å². The molecule has 188 valence electrons. The predicted octanol–water partition coefficient (Wildman–Crippen LogP) is 2.75. The van der Waals surface area contributed by atoms with Crippen LogP contribution in [0.25, 0.3) is 22.3 Å². The third kappa shape index (κ3) is 5.77. The van der Waals surface area contributed by atoms with E-state index >= 15 is 0 Å². The number of nitrogens with two attached hydrogens (primary N) is 4. The molecule has 7 heteroatoms. The second-order valence-corrected chi connectivity index (χ2v) is 8.81. The lowest BCUT2D eigenvalue weighted by atomic mass is 9.87. The maximum atomic E-state index is 11.3. The minimum Gasteiger partial charge on any atom is -0.507 e. The van der Waals surface area contributed by atoms with E-state index in [0.717, 1.165) is 55.8 Å². The molecule has 0 atom stereocenters. The van der Waals surface area contributed by atoms with Crippen molar-refractivity contribution in [3.8, 4) is 39.5 Å². The van der Waals surface area contributed by atoms with Gasteiger partial charge in [-0.1, -0.05) is 6.07 Å². The predicted molar refractivity (Wildman–Crippen MR) is 143 cm³/mol. The van der Waals surface area contributed by atoms with Crippen molar-refractivity contribution in [2.45, 2.75) is 32.6 Å². The highest BCUT2D eigenvalue weighted by molar-refractivity contribution is 5.82. The monoisotopic (exact) mass is 478 g/mol. The number of ether oxygens (including phenoxy) is 1. The molecule has 0 aromatic heterocycles. The van der Waals surface area contributed by atoms with Gasteiger partial charge in [0.1, 0.15) is 17.2 Å². The van der Waals surface area contributed by atoms with Gasteiger partial charge < -0.3 is 37.9 Å². The normalized spacial score (nSPS) is 11.1. The first kappa shape index (κ1) is 26.5. The van der Waals surface area contributed by atoms with Crippen LogP contribution in [0.2, 0.25) is 0 Å². The van der Waals surface area contributed by atoms with Gasteiger partial charge in [-0.2, -0.15) is 0 Å². The Morgan fingerprint density at radius 3 is 1.51 bits per heavy atom. The van der Waals surface area contributed by atoms with E-state index in [-0.39, 0.29) is 11.5 Å². The first-order valence-corrected chi connectivity index (χ1v) is 12.1. The van der Waals surface area contributed by atoms with E-state index in [9.17, 15) is 10.2 Å². The number of benzene rings is 3. The molecule has 0 aliphatic heterocycles. The van der Waals surface area contributed by atoms with Crippen LogP contribution in [0.1, 0.15) is 27.8 Å². The fourth-order valence-electron chi connectivity index (χ4n) is 4.81. The molecule has 0 fully saturated rings.